The Labute approximate surface area is 81.6 Å². The van der Waals surface area contributed by atoms with Gasteiger partial charge in [0.1, 0.15) is 12.0 Å². The Balaban J connectivity index is 2.25. The van der Waals surface area contributed by atoms with E-state index in [0.717, 1.165) is 5.69 Å². The van der Waals surface area contributed by atoms with Gasteiger partial charge in [0.2, 0.25) is 0 Å². The van der Waals surface area contributed by atoms with E-state index >= 15 is 0 Å². The van der Waals surface area contributed by atoms with Crippen molar-refractivity contribution in [2.24, 2.45) is 5.73 Å². The lowest BCUT2D eigenvalue weighted by atomic mass is 10.3. The highest BCUT2D eigenvalue weighted by Gasteiger charge is 2.03. The predicted octanol–water partition coefficient (Wildman–Crippen LogP) is 0.299. The van der Waals surface area contributed by atoms with Gasteiger partial charge in [-0.25, -0.2) is 4.98 Å². The Morgan fingerprint density at radius 1 is 1.29 bits per heavy atom. The maximum Gasteiger partial charge on any atom is 0.199 e. The summed E-state index contributed by atoms with van der Waals surface area (Å²) in [5.41, 5.74) is 6.19. The number of hydrogen-bond acceptors (Lipinski definition) is 4. The summed E-state index contributed by atoms with van der Waals surface area (Å²) >= 11 is 0. The summed E-state index contributed by atoms with van der Waals surface area (Å²) in [6.45, 7) is 1.24. The summed E-state index contributed by atoms with van der Waals surface area (Å²) in [6, 6.07) is 5.65. The van der Waals surface area contributed by atoms with Gasteiger partial charge in [-0.3, -0.25) is 9.67 Å². The van der Waals surface area contributed by atoms with Gasteiger partial charge in [-0.05, 0) is 12.1 Å². The summed E-state index contributed by atoms with van der Waals surface area (Å²) < 4.78 is 1.71. The monoisotopic (exact) mass is 189 g/mol. The summed E-state index contributed by atoms with van der Waals surface area (Å²) in [5.74, 6) is 0.638. The first-order valence-electron chi connectivity index (χ1n) is 4.41. The van der Waals surface area contributed by atoms with E-state index in [0.29, 0.717) is 18.9 Å². The van der Waals surface area contributed by atoms with E-state index in [4.69, 9.17) is 5.73 Å². The third-order valence-electron chi connectivity index (χ3n) is 1.79. The van der Waals surface area contributed by atoms with Crippen LogP contribution in [0.5, 0.6) is 0 Å². The average molecular weight is 189 g/mol. The molecule has 0 radical (unpaired) electrons. The van der Waals surface area contributed by atoms with Crippen LogP contribution in [0.4, 0.5) is 0 Å². The fourth-order valence-corrected chi connectivity index (χ4v) is 1.15. The Hall–Kier alpha value is -1.75. The van der Waals surface area contributed by atoms with Crippen LogP contribution in [0.15, 0.2) is 30.7 Å². The molecular weight excluding hydrogens is 178 g/mol. The van der Waals surface area contributed by atoms with Crippen molar-refractivity contribution in [2.75, 3.05) is 6.54 Å². The summed E-state index contributed by atoms with van der Waals surface area (Å²) in [7, 11) is 0. The maximum absolute atomic E-state index is 5.40. The zero-order valence-corrected chi connectivity index (χ0v) is 7.67. The number of nitrogens with zero attached hydrogens (tertiary/aromatic N) is 4. The van der Waals surface area contributed by atoms with Crippen LogP contribution in [-0.4, -0.2) is 26.3 Å². The molecule has 0 fully saturated rings. The van der Waals surface area contributed by atoms with Crippen LogP contribution in [0.1, 0.15) is 0 Å². The fraction of sp³-hybridized carbons (Fsp3) is 0.222. The molecule has 0 aliphatic rings. The standard InChI is InChI=1S/C9H11N5/c10-4-6-14-7-12-9(13-14)8-3-1-2-5-11-8/h1-3,5,7H,4,6,10H2. The van der Waals surface area contributed by atoms with Crippen molar-refractivity contribution in [2.45, 2.75) is 6.54 Å². The number of aromatic nitrogens is 4. The van der Waals surface area contributed by atoms with Crippen molar-refractivity contribution in [1.82, 2.24) is 19.7 Å². The highest BCUT2D eigenvalue weighted by molar-refractivity contribution is 5.46. The Kier molecular flexibility index (Phi) is 2.51. The minimum atomic E-state index is 0.561. The van der Waals surface area contributed by atoms with E-state index < -0.39 is 0 Å². The lowest BCUT2D eigenvalue weighted by Gasteiger charge is -1.94. The van der Waals surface area contributed by atoms with E-state index in [1.165, 1.54) is 0 Å². The summed E-state index contributed by atoms with van der Waals surface area (Å²) in [4.78, 5) is 8.29. The maximum atomic E-state index is 5.40. The van der Waals surface area contributed by atoms with Crippen molar-refractivity contribution in [3.8, 4) is 11.5 Å². The second-order valence-electron chi connectivity index (χ2n) is 2.83. The summed E-state index contributed by atoms with van der Waals surface area (Å²) in [5, 5.41) is 4.23. The number of nitrogens with two attached hydrogens (primary N) is 1. The van der Waals surface area contributed by atoms with Crippen LogP contribution in [0.25, 0.3) is 11.5 Å². The fourth-order valence-electron chi connectivity index (χ4n) is 1.15. The molecule has 0 saturated carbocycles. The van der Waals surface area contributed by atoms with Crippen LogP contribution in [0.2, 0.25) is 0 Å². The first kappa shape index (κ1) is 8.83. The number of hydrogen-bond donors (Lipinski definition) is 1. The highest BCUT2D eigenvalue weighted by atomic mass is 15.3. The highest BCUT2D eigenvalue weighted by Crippen LogP contribution is 2.08. The third kappa shape index (κ3) is 1.77. The van der Waals surface area contributed by atoms with Gasteiger partial charge in [0.15, 0.2) is 5.82 Å². The summed E-state index contributed by atoms with van der Waals surface area (Å²) in [6.07, 6.45) is 3.38. The normalized spacial score (nSPS) is 10.4. The zero-order chi connectivity index (χ0) is 9.80. The molecule has 0 aromatic carbocycles. The second-order valence-corrected chi connectivity index (χ2v) is 2.83. The molecule has 14 heavy (non-hydrogen) atoms. The number of rotatable bonds is 3. The number of pyridine rings is 1. The van der Waals surface area contributed by atoms with Gasteiger partial charge in [0, 0.05) is 12.7 Å². The Bertz CT molecular complexity index is 395. The van der Waals surface area contributed by atoms with Crippen LogP contribution in [-0.2, 0) is 6.54 Å². The zero-order valence-electron chi connectivity index (χ0n) is 7.67. The van der Waals surface area contributed by atoms with Gasteiger partial charge < -0.3 is 5.73 Å². The molecule has 0 amide bonds. The minimum absolute atomic E-state index is 0.561. The van der Waals surface area contributed by atoms with Crippen molar-refractivity contribution >= 4 is 0 Å². The average Bonchev–Trinajstić information content (AvgIpc) is 2.68. The lowest BCUT2D eigenvalue weighted by Crippen LogP contribution is -2.10. The Morgan fingerprint density at radius 3 is 2.93 bits per heavy atom. The lowest BCUT2D eigenvalue weighted by molar-refractivity contribution is 0.624. The first-order valence-corrected chi connectivity index (χ1v) is 4.41. The largest absolute Gasteiger partial charge is 0.329 e. The van der Waals surface area contributed by atoms with Gasteiger partial charge in [0.25, 0.3) is 0 Å². The molecular formula is C9H11N5. The molecule has 0 aliphatic carbocycles. The topological polar surface area (TPSA) is 69.6 Å². The molecule has 5 nitrogen and oxygen atoms in total. The molecule has 2 aromatic rings. The van der Waals surface area contributed by atoms with Gasteiger partial charge in [-0.15, -0.1) is 5.10 Å². The van der Waals surface area contributed by atoms with Crippen LogP contribution in [0.3, 0.4) is 0 Å². The van der Waals surface area contributed by atoms with Crippen molar-refractivity contribution in [1.29, 1.82) is 0 Å². The molecule has 2 aromatic heterocycles. The van der Waals surface area contributed by atoms with Gasteiger partial charge in [-0.1, -0.05) is 6.07 Å². The molecule has 0 spiro atoms. The third-order valence-corrected chi connectivity index (χ3v) is 1.79. The van der Waals surface area contributed by atoms with Crippen LogP contribution >= 0.6 is 0 Å². The molecule has 2 heterocycles. The van der Waals surface area contributed by atoms with Crippen molar-refractivity contribution < 1.29 is 0 Å². The van der Waals surface area contributed by atoms with E-state index in [2.05, 4.69) is 15.1 Å². The predicted molar refractivity (Wildman–Crippen MR) is 52.3 cm³/mol. The molecule has 0 atom stereocenters. The molecule has 0 aliphatic heterocycles. The molecule has 0 saturated heterocycles. The van der Waals surface area contributed by atoms with Gasteiger partial charge in [0.05, 0.1) is 6.54 Å². The molecule has 5 heteroatoms. The molecule has 72 valence electrons. The second kappa shape index (κ2) is 3.97. The molecule has 2 rings (SSSR count). The smallest absolute Gasteiger partial charge is 0.199 e. The van der Waals surface area contributed by atoms with E-state index in [9.17, 15) is 0 Å². The van der Waals surface area contributed by atoms with E-state index in [1.807, 2.05) is 18.2 Å². The molecule has 2 N–H and O–H groups in total. The van der Waals surface area contributed by atoms with Crippen molar-refractivity contribution in [3.63, 3.8) is 0 Å². The van der Waals surface area contributed by atoms with Crippen LogP contribution in [0, 0.1) is 0 Å². The first-order chi connectivity index (χ1) is 6.90. The van der Waals surface area contributed by atoms with Crippen molar-refractivity contribution in [3.05, 3.63) is 30.7 Å². The van der Waals surface area contributed by atoms with E-state index in [-0.39, 0.29) is 0 Å². The van der Waals surface area contributed by atoms with Gasteiger partial charge >= 0.3 is 0 Å². The molecule has 0 unspecified atom stereocenters. The van der Waals surface area contributed by atoms with E-state index in [1.54, 1.807) is 17.2 Å². The van der Waals surface area contributed by atoms with Gasteiger partial charge in [-0.2, -0.15) is 0 Å². The quantitative estimate of drug-likeness (QED) is 0.753. The molecule has 0 bridgehead atoms. The van der Waals surface area contributed by atoms with Crippen LogP contribution < -0.4 is 5.73 Å². The SMILES string of the molecule is NCCn1cnc(-c2ccccn2)n1. The Morgan fingerprint density at radius 2 is 2.21 bits per heavy atom. The minimum Gasteiger partial charge on any atom is -0.329 e.